The molecule has 160 valence electrons. The molecular formula is C20H24F4IN3O. The van der Waals surface area contributed by atoms with Crippen LogP contribution in [0.5, 0.6) is 0 Å². The Morgan fingerprint density at radius 1 is 1.00 bits per heavy atom. The number of halogens is 5. The predicted octanol–water partition coefficient (Wildman–Crippen LogP) is 4.86. The first-order valence-corrected chi connectivity index (χ1v) is 8.79. The van der Waals surface area contributed by atoms with E-state index in [9.17, 15) is 17.6 Å². The number of benzene rings is 2. The molecule has 4 nitrogen and oxygen atoms in total. The van der Waals surface area contributed by atoms with Crippen LogP contribution in [0.25, 0.3) is 0 Å². The Hall–Kier alpha value is -1.88. The maximum atomic E-state index is 13.2. The van der Waals surface area contributed by atoms with Crippen LogP contribution < -0.4 is 10.6 Å². The number of ether oxygens (including phenoxy) is 1. The van der Waals surface area contributed by atoms with Crippen molar-refractivity contribution in [2.75, 3.05) is 13.7 Å². The highest BCUT2D eigenvalue weighted by atomic mass is 127. The van der Waals surface area contributed by atoms with Gasteiger partial charge in [0.15, 0.2) is 5.96 Å². The van der Waals surface area contributed by atoms with Gasteiger partial charge in [-0.2, -0.15) is 13.2 Å². The fraction of sp³-hybridized carbons (Fsp3) is 0.350. The van der Waals surface area contributed by atoms with E-state index in [1.807, 2.05) is 31.2 Å². The smallest absolute Gasteiger partial charge is 0.377 e. The number of alkyl halides is 3. The van der Waals surface area contributed by atoms with Crippen LogP contribution in [0.1, 0.15) is 29.2 Å². The van der Waals surface area contributed by atoms with Crippen LogP contribution in [0.4, 0.5) is 17.6 Å². The fourth-order valence-electron chi connectivity index (χ4n) is 2.53. The van der Waals surface area contributed by atoms with Crippen molar-refractivity contribution >= 4 is 29.9 Å². The summed E-state index contributed by atoms with van der Waals surface area (Å²) in [4.78, 5) is 4.00. The zero-order valence-electron chi connectivity index (χ0n) is 16.1. The molecule has 2 N–H and O–H groups in total. The summed E-state index contributed by atoms with van der Waals surface area (Å²) in [6, 6.07) is 10.4. The van der Waals surface area contributed by atoms with Crippen molar-refractivity contribution in [2.45, 2.75) is 32.8 Å². The molecular weight excluding hydrogens is 501 g/mol. The number of rotatable bonds is 7. The van der Waals surface area contributed by atoms with Gasteiger partial charge < -0.3 is 15.4 Å². The molecule has 0 unspecified atom stereocenters. The van der Waals surface area contributed by atoms with E-state index in [2.05, 4.69) is 15.6 Å². The van der Waals surface area contributed by atoms with Crippen LogP contribution in [-0.2, 0) is 30.6 Å². The summed E-state index contributed by atoms with van der Waals surface area (Å²) in [7, 11) is 1.52. The van der Waals surface area contributed by atoms with Crippen LogP contribution in [0, 0.1) is 5.82 Å². The molecule has 2 aromatic carbocycles. The Bertz CT molecular complexity index is 795. The van der Waals surface area contributed by atoms with Gasteiger partial charge in [0.25, 0.3) is 0 Å². The maximum absolute atomic E-state index is 13.2. The van der Waals surface area contributed by atoms with Crippen LogP contribution >= 0.6 is 24.0 Å². The number of hydrogen-bond acceptors (Lipinski definition) is 2. The molecule has 0 aliphatic carbocycles. The third-order valence-corrected chi connectivity index (χ3v) is 4.00. The summed E-state index contributed by atoms with van der Waals surface area (Å²) in [6.45, 7) is 3.44. The molecule has 29 heavy (non-hydrogen) atoms. The largest absolute Gasteiger partial charge is 0.416 e. The monoisotopic (exact) mass is 525 g/mol. The molecule has 2 rings (SSSR count). The zero-order chi connectivity index (χ0) is 20.6. The number of guanidine groups is 1. The Balaban J connectivity index is 0.00000420. The standard InChI is InChI=1S/C20H23F4N3O.HI/c1-3-28-13-15-6-4-14(5-7-15)11-26-19(25-2)27-12-16-8-9-17(21)10-18(16)20(22,23)24;/h4-10H,3,11-13H2,1-2H3,(H2,25,26,27);1H. The summed E-state index contributed by atoms with van der Waals surface area (Å²) >= 11 is 0. The van der Waals surface area contributed by atoms with Crippen molar-refractivity contribution in [3.8, 4) is 0 Å². The maximum Gasteiger partial charge on any atom is 0.416 e. The molecule has 9 heteroatoms. The van der Waals surface area contributed by atoms with Crippen LogP contribution in [0.3, 0.4) is 0 Å². The van der Waals surface area contributed by atoms with E-state index in [1.165, 1.54) is 7.05 Å². The van der Waals surface area contributed by atoms with Crippen LogP contribution in [0.15, 0.2) is 47.5 Å². The Morgan fingerprint density at radius 2 is 1.62 bits per heavy atom. The lowest BCUT2D eigenvalue weighted by Crippen LogP contribution is -2.36. The average molecular weight is 525 g/mol. The molecule has 2 aromatic rings. The third kappa shape index (κ3) is 8.17. The van der Waals surface area contributed by atoms with Crippen LogP contribution in [0.2, 0.25) is 0 Å². The normalized spacial score (nSPS) is 11.7. The van der Waals surface area contributed by atoms with Gasteiger partial charge in [0.2, 0.25) is 0 Å². The molecule has 0 fully saturated rings. The van der Waals surface area contributed by atoms with Gasteiger partial charge in [0.05, 0.1) is 12.2 Å². The van der Waals surface area contributed by atoms with Crippen molar-refractivity contribution < 1.29 is 22.3 Å². The lowest BCUT2D eigenvalue weighted by molar-refractivity contribution is -0.138. The summed E-state index contributed by atoms with van der Waals surface area (Å²) in [5.74, 6) is -0.581. The van der Waals surface area contributed by atoms with Gasteiger partial charge in [-0.25, -0.2) is 4.39 Å². The summed E-state index contributed by atoms with van der Waals surface area (Å²) in [5, 5.41) is 5.86. The third-order valence-electron chi connectivity index (χ3n) is 4.00. The van der Waals surface area contributed by atoms with Gasteiger partial charge in [-0.05, 0) is 35.7 Å². The fourth-order valence-corrected chi connectivity index (χ4v) is 2.53. The number of aliphatic imine (C=N–C) groups is 1. The predicted molar refractivity (Wildman–Crippen MR) is 116 cm³/mol. The molecule has 0 bridgehead atoms. The van der Waals surface area contributed by atoms with E-state index in [0.29, 0.717) is 31.8 Å². The number of nitrogens with zero attached hydrogens (tertiary/aromatic N) is 1. The lowest BCUT2D eigenvalue weighted by atomic mass is 10.1. The van der Waals surface area contributed by atoms with Gasteiger partial charge in [-0.15, -0.1) is 24.0 Å². The summed E-state index contributed by atoms with van der Waals surface area (Å²) < 4.78 is 57.7. The highest BCUT2D eigenvalue weighted by Gasteiger charge is 2.33. The number of nitrogens with one attached hydrogen (secondary N) is 2. The highest BCUT2D eigenvalue weighted by molar-refractivity contribution is 14.0. The summed E-state index contributed by atoms with van der Waals surface area (Å²) in [5.41, 5.74) is 0.988. The topological polar surface area (TPSA) is 45.6 Å². The second kappa shape index (κ2) is 12.0. The minimum Gasteiger partial charge on any atom is -0.377 e. The first-order chi connectivity index (χ1) is 13.3. The van der Waals surface area contributed by atoms with E-state index in [-0.39, 0.29) is 36.1 Å². The number of hydrogen-bond donors (Lipinski definition) is 2. The van der Waals surface area contributed by atoms with Crippen molar-refractivity contribution in [3.63, 3.8) is 0 Å². The van der Waals surface area contributed by atoms with E-state index < -0.39 is 17.6 Å². The van der Waals surface area contributed by atoms with Gasteiger partial charge in [0, 0.05) is 26.7 Å². The SMILES string of the molecule is CCOCc1ccc(CNC(=NC)NCc2ccc(F)cc2C(F)(F)F)cc1.I. The molecule has 0 saturated carbocycles. The van der Waals surface area contributed by atoms with Gasteiger partial charge in [-0.3, -0.25) is 4.99 Å². The Labute approximate surface area is 184 Å². The van der Waals surface area contributed by atoms with E-state index in [4.69, 9.17) is 4.74 Å². The van der Waals surface area contributed by atoms with Crippen molar-refractivity contribution in [1.82, 2.24) is 10.6 Å². The van der Waals surface area contributed by atoms with Gasteiger partial charge in [-0.1, -0.05) is 30.3 Å². The first-order valence-electron chi connectivity index (χ1n) is 8.79. The molecule has 0 aliphatic rings. The molecule has 0 radical (unpaired) electrons. The molecule has 0 spiro atoms. The second-order valence-electron chi connectivity index (χ2n) is 6.03. The molecule has 0 amide bonds. The van der Waals surface area contributed by atoms with E-state index in [1.54, 1.807) is 0 Å². The Morgan fingerprint density at radius 3 is 2.21 bits per heavy atom. The summed E-state index contributed by atoms with van der Waals surface area (Å²) in [6.07, 6.45) is -4.63. The van der Waals surface area contributed by atoms with E-state index in [0.717, 1.165) is 23.3 Å². The zero-order valence-corrected chi connectivity index (χ0v) is 18.5. The molecule has 0 atom stereocenters. The Kier molecular flexibility index (Phi) is 10.4. The van der Waals surface area contributed by atoms with Gasteiger partial charge in [0.1, 0.15) is 5.82 Å². The van der Waals surface area contributed by atoms with Crippen LogP contribution in [-0.4, -0.2) is 19.6 Å². The second-order valence-corrected chi connectivity index (χ2v) is 6.03. The molecule has 0 heterocycles. The van der Waals surface area contributed by atoms with Gasteiger partial charge >= 0.3 is 6.18 Å². The lowest BCUT2D eigenvalue weighted by Gasteiger charge is -2.16. The van der Waals surface area contributed by atoms with Crippen molar-refractivity contribution in [1.29, 1.82) is 0 Å². The minimum atomic E-state index is -4.63. The highest BCUT2D eigenvalue weighted by Crippen LogP contribution is 2.32. The van der Waals surface area contributed by atoms with E-state index >= 15 is 0 Å². The minimum absolute atomic E-state index is 0. The van der Waals surface area contributed by atoms with Crippen molar-refractivity contribution in [2.24, 2.45) is 4.99 Å². The quantitative estimate of drug-likeness (QED) is 0.235. The average Bonchev–Trinajstić information content (AvgIpc) is 2.67. The molecule has 0 saturated heterocycles. The first kappa shape index (κ1) is 25.2. The molecule has 0 aliphatic heterocycles. The molecule has 0 aromatic heterocycles. The van der Waals surface area contributed by atoms with Crippen molar-refractivity contribution in [3.05, 3.63) is 70.5 Å².